The van der Waals surface area contributed by atoms with Crippen LogP contribution >= 0.6 is 23.1 Å². The predicted molar refractivity (Wildman–Crippen MR) is 109 cm³/mol. The first kappa shape index (κ1) is 21.4. The molecule has 27 heavy (non-hydrogen) atoms. The van der Waals surface area contributed by atoms with Crippen molar-refractivity contribution in [3.8, 4) is 5.75 Å². The van der Waals surface area contributed by atoms with Gasteiger partial charge in [0.05, 0.1) is 12.7 Å². The third kappa shape index (κ3) is 5.78. The lowest BCUT2D eigenvalue weighted by atomic mass is 10.1. The van der Waals surface area contributed by atoms with E-state index in [4.69, 9.17) is 16.3 Å². The summed E-state index contributed by atoms with van der Waals surface area (Å²) in [6.07, 6.45) is 3.96. The Morgan fingerprint density at radius 1 is 1.30 bits per heavy atom. The average molecular weight is 409 g/mol. The SMILES string of the molecule is COc1ccc(Cl)cc1C(=O)N=c1sn(C(C)(C)C)cc1CCCC(C)=O. The van der Waals surface area contributed by atoms with Crippen LogP contribution in [-0.4, -0.2) is 22.8 Å². The molecule has 1 aromatic heterocycles. The number of methoxy groups -OCH3 is 1. The van der Waals surface area contributed by atoms with Gasteiger partial charge >= 0.3 is 0 Å². The zero-order valence-corrected chi connectivity index (χ0v) is 17.9. The Balaban J connectivity index is 2.45. The third-order valence-electron chi connectivity index (χ3n) is 3.96. The number of rotatable bonds is 6. The van der Waals surface area contributed by atoms with Crippen LogP contribution in [0.25, 0.3) is 0 Å². The lowest BCUT2D eigenvalue weighted by Crippen LogP contribution is -2.18. The molecule has 0 unspecified atom stereocenters. The molecule has 146 valence electrons. The van der Waals surface area contributed by atoms with Gasteiger partial charge in [0.25, 0.3) is 5.91 Å². The molecular weight excluding hydrogens is 384 g/mol. The van der Waals surface area contributed by atoms with Gasteiger partial charge in [-0.25, -0.2) is 0 Å². The fourth-order valence-electron chi connectivity index (χ4n) is 2.50. The van der Waals surface area contributed by atoms with Crippen LogP contribution in [0.1, 0.15) is 56.5 Å². The smallest absolute Gasteiger partial charge is 0.282 e. The number of ether oxygens (including phenoxy) is 1. The lowest BCUT2D eigenvalue weighted by molar-refractivity contribution is -0.117. The van der Waals surface area contributed by atoms with Gasteiger partial charge in [0.2, 0.25) is 0 Å². The molecule has 0 atom stereocenters. The summed E-state index contributed by atoms with van der Waals surface area (Å²) in [6.45, 7) is 7.86. The van der Waals surface area contributed by atoms with Gasteiger partial charge < -0.3 is 9.53 Å². The number of halogens is 1. The predicted octanol–water partition coefficient (Wildman–Crippen LogP) is 4.62. The van der Waals surface area contributed by atoms with Crippen LogP contribution in [0.3, 0.4) is 0 Å². The van der Waals surface area contributed by atoms with E-state index in [1.165, 1.54) is 18.6 Å². The summed E-state index contributed by atoms with van der Waals surface area (Å²) in [5, 5.41) is 0.451. The highest BCUT2D eigenvalue weighted by Crippen LogP contribution is 2.24. The number of benzene rings is 1. The number of carbonyl (C=O) groups excluding carboxylic acids is 2. The van der Waals surface area contributed by atoms with Crippen LogP contribution in [0.4, 0.5) is 0 Å². The van der Waals surface area contributed by atoms with E-state index in [0.29, 0.717) is 33.8 Å². The molecule has 0 spiro atoms. The van der Waals surface area contributed by atoms with Crippen molar-refractivity contribution < 1.29 is 14.3 Å². The Morgan fingerprint density at radius 2 is 2.00 bits per heavy atom. The Morgan fingerprint density at radius 3 is 2.59 bits per heavy atom. The Hall–Kier alpha value is -1.92. The van der Waals surface area contributed by atoms with Gasteiger partial charge in [-0.2, -0.15) is 4.99 Å². The minimum atomic E-state index is -0.398. The largest absolute Gasteiger partial charge is 0.496 e. The third-order valence-corrected chi connectivity index (χ3v) is 5.58. The number of carbonyl (C=O) groups is 2. The van der Waals surface area contributed by atoms with Gasteiger partial charge in [-0.15, -0.1) is 0 Å². The van der Waals surface area contributed by atoms with Crippen LogP contribution in [0.15, 0.2) is 29.4 Å². The van der Waals surface area contributed by atoms with Crippen molar-refractivity contribution in [3.05, 3.63) is 45.2 Å². The number of hydrogen-bond acceptors (Lipinski definition) is 4. The molecule has 1 heterocycles. The van der Waals surface area contributed by atoms with Gasteiger partial charge in [-0.05, 0) is 70.3 Å². The molecule has 0 aliphatic heterocycles. The maximum atomic E-state index is 12.8. The maximum Gasteiger partial charge on any atom is 0.282 e. The molecule has 0 fully saturated rings. The average Bonchev–Trinajstić information content (AvgIpc) is 2.97. The summed E-state index contributed by atoms with van der Waals surface area (Å²) in [7, 11) is 1.51. The molecule has 0 saturated heterocycles. The summed E-state index contributed by atoms with van der Waals surface area (Å²) in [5.41, 5.74) is 1.17. The standard InChI is InChI=1S/C20H25ClN2O3S/c1-13(24)7-6-8-14-12-23(20(2,3)4)27-19(14)22-18(25)16-11-15(21)9-10-17(16)26-5/h9-12H,6-8H2,1-5H3. The van der Waals surface area contributed by atoms with E-state index < -0.39 is 5.91 Å². The molecule has 0 N–H and O–H groups in total. The van der Waals surface area contributed by atoms with Crippen LogP contribution in [-0.2, 0) is 16.8 Å². The monoisotopic (exact) mass is 408 g/mol. The Bertz CT molecular complexity index is 907. The lowest BCUT2D eigenvalue weighted by Gasteiger charge is -2.19. The molecule has 5 nitrogen and oxygen atoms in total. The molecule has 0 bridgehead atoms. The maximum absolute atomic E-state index is 12.8. The van der Waals surface area contributed by atoms with E-state index >= 15 is 0 Å². The van der Waals surface area contributed by atoms with Gasteiger partial charge in [-0.1, -0.05) is 11.6 Å². The van der Waals surface area contributed by atoms with E-state index in [9.17, 15) is 9.59 Å². The molecule has 1 aromatic carbocycles. The van der Waals surface area contributed by atoms with E-state index in [2.05, 4.69) is 29.7 Å². The minimum Gasteiger partial charge on any atom is -0.496 e. The number of amides is 1. The molecular formula is C20H25ClN2O3S. The van der Waals surface area contributed by atoms with Crippen molar-refractivity contribution in [2.24, 2.45) is 4.99 Å². The van der Waals surface area contributed by atoms with E-state index in [1.807, 2.05) is 6.20 Å². The second-order valence-electron chi connectivity index (χ2n) is 7.36. The molecule has 7 heteroatoms. The summed E-state index contributed by atoms with van der Waals surface area (Å²) in [6, 6.07) is 4.89. The number of ketones is 1. The normalized spacial score (nSPS) is 12.3. The second kappa shape index (κ2) is 8.85. The van der Waals surface area contributed by atoms with Crippen molar-refractivity contribution in [2.45, 2.75) is 52.5 Å². The quantitative estimate of drug-likeness (QED) is 0.700. The topological polar surface area (TPSA) is 60.7 Å². The van der Waals surface area contributed by atoms with Crippen molar-refractivity contribution in [2.75, 3.05) is 7.11 Å². The van der Waals surface area contributed by atoms with Gasteiger partial charge in [0.1, 0.15) is 16.2 Å². The molecule has 0 aliphatic carbocycles. The molecule has 2 rings (SSSR count). The summed E-state index contributed by atoms with van der Waals surface area (Å²) in [5.74, 6) is 0.198. The van der Waals surface area contributed by atoms with Gasteiger partial charge in [0.15, 0.2) is 0 Å². The van der Waals surface area contributed by atoms with E-state index in [1.54, 1.807) is 25.1 Å². The van der Waals surface area contributed by atoms with Crippen LogP contribution in [0, 0.1) is 0 Å². The molecule has 2 aromatic rings. The Labute approximate surface area is 168 Å². The number of aryl methyl sites for hydroxylation is 1. The second-order valence-corrected chi connectivity index (χ2v) is 8.76. The van der Waals surface area contributed by atoms with Crippen molar-refractivity contribution in [1.82, 2.24) is 3.96 Å². The first-order chi connectivity index (χ1) is 12.6. The zero-order chi connectivity index (χ0) is 20.2. The highest BCUT2D eigenvalue weighted by molar-refractivity contribution is 7.04. The minimum absolute atomic E-state index is 0.120. The van der Waals surface area contributed by atoms with Gasteiger partial charge in [-0.3, -0.25) is 8.75 Å². The summed E-state index contributed by atoms with van der Waals surface area (Å²) in [4.78, 5) is 28.4. The Kier molecular flexibility index (Phi) is 7.00. The highest BCUT2D eigenvalue weighted by atomic mass is 35.5. The van der Waals surface area contributed by atoms with Crippen LogP contribution in [0.5, 0.6) is 5.75 Å². The number of Topliss-reactive ketones (excluding diaryl/α,β-unsaturated/α-hetero) is 1. The van der Waals surface area contributed by atoms with E-state index in [0.717, 1.165) is 12.0 Å². The molecule has 1 amide bonds. The summed E-state index contributed by atoms with van der Waals surface area (Å²) >= 11 is 7.47. The first-order valence-corrected chi connectivity index (χ1v) is 9.91. The summed E-state index contributed by atoms with van der Waals surface area (Å²) < 4.78 is 8.00. The van der Waals surface area contributed by atoms with Crippen molar-refractivity contribution >= 4 is 34.8 Å². The van der Waals surface area contributed by atoms with Crippen molar-refractivity contribution in [3.63, 3.8) is 0 Å². The van der Waals surface area contributed by atoms with Crippen LogP contribution in [0.2, 0.25) is 5.02 Å². The number of hydrogen-bond donors (Lipinski definition) is 0. The number of nitrogens with zero attached hydrogens (tertiary/aromatic N) is 2. The first-order valence-electron chi connectivity index (χ1n) is 8.76. The van der Waals surface area contributed by atoms with Crippen LogP contribution < -0.4 is 9.41 Å². The zero-order valence-electron chi connectivity index (χ0n) is 16.3. The van der Waals surface area contributed by atoms with Gasteiger partial charge in [0, 0.05) is 28.7 Å². The molecule has 0 radical (unpaired) electrons. The number of aromatic nitrogens is 1. The molecule has 0 saturated carbocycles. The van der Waals surface area contributed by atoms with E-state index in [-0.39, 0.29) is 11.3 Å². The molecule has 0 aliphatic rings. The highest BCUT2D eigenvalue weighted by Gasteiger charge is 2.17. The fraction of sp³-hybridized carbons (Fsp3) is 0.450. The fourth-order valence-corrected chi connectivity index (χ4v) is 3.70. The van der Waals surface area contributed by atoms with Crippen molar-refractivity contribution in [1.29, 1.82) is 0 Å².